The first kappa shape index (κ1) is 44.9. The maximum atomic E-state index is 12.0. The Labute approximate surface area is 405 Å². The first-order valence-electron chi connectivity index (χ1n) is 20.4. The summed E-state index contributed by atoms with van der Waals surface area (Å²) in [5, 5.41) is 67.2. The summed E-state index contributed by atoms with van der Waals surface area (Å²) in [5.41, 5.74) is 7.25. The number of para-hydroxylation sites is 5. The highest BCUT2D eigenvalue weighted by molar-refractivity contribution is 6.32. The van der Waals surface area contributed by atoms with Crippen molar-refractivity contribution in [3.05, 3.63) is 235 Å². The minimum atomic E-state index is 0.491. The molecule has 12 rings (SSSR count). The third kappa shape index (κ3) is 9.38. The van der Waals surface area contributed by atoms with Gasteiger partial charge < -0.3 is 20.8 Å². The number of nitrogens with zero attached hydrogens (tertiary/aromatic N) is 12. The summed E-state index contributed by atoms with van der Waals surface area (Å²) in [5.74, 6) is 0. The number of fused-ring (bicyclic) bond motifs is 4. The molecule has 0 amide bonds. The molecule has 4 aromatic heterocycles. The number of hydrogen-bond donors (Lipinski definition) is 0. The quantitative estimate of drug-likeness (QED) is 0.124. The standard InChI is InChI=1S/4C12H8ClN3O/c13-9-5-1-3-7-11(9)15-14-10-6-2-4-8-12(10)16(15)17;13-9-4-3-5-10(8-9)15-14-11-6-1-2-7-12(11)16(15)17;13-9-5-7-10(8-6-9)15-14-11-3-1-2-4-12(11)16(15)17;13-9-6-7-12-11(8-9)14-15(16(12)17)10-4-2-1-3-5-10/h4*1-8H. The molecule has 0 radical (unpaired) electrons. The lowest BCUT2D eigenvalue weighted by molar-refractivity contribution is -0.664. The van der Waals surface area contributed by atoms with Crippen LogP contribution in [0.5, 0.6) is 0 Å². The predicted octanol–water partition coefficient (Wildman–Crippen LogP) is 9.25. The summed E-state index contributed by atoms with van der Waals surface area (Å²) in [7, 11) is 0. The van der Waals surface area contributed by atoms with Crippen LogP contribution in [0, 0.1) is 20.8 Å². The second-order valence-corrected chi connectivity index (χ2v) is 16.2. The number of rotatable bonds is 4. The highest BCUT2D eigenvalue weighted by Crippen LogP contribution is 2.20. The van der Waals surface area contributed by atoms with Gasteiger partial charge in [-0.1, -0.05) is 119 Å². The third-order valence-corrected chi connectivity index (χ3v) is 11.1. The van der Waals surface area contributed by atoms with E-state index >= 15 is 0 Å². The van der Waals surface area contributed by atoms with Crippen molar-refractivity contribution < 1.29 is 19.4 Å². The van der Waals surface area contributed by atoms with Crippen molar-refractivity contribution in [3.8, 4) is 22.7 Å². The minimum absolute atomic E-state index is 0.491. The van der Waals surface area contributed by atoms with E-state index in [1.54, 1.807) is 127 Å². The van der Waals surface area contributed by atoms with E-state index in [0.29, 0.717) is 81.3 Å². The van der Waals surface area contributed by atoms with Gasteiger partial charge in [0.2, 0.25) is 38.6 Å². The van der Waals surface area contributed by atoms with E-state index < -0.39 is 0 Å². The van der Waals surface area contributed by atoms with Crippen molar-refractivity contribution in [1.29, 1.82) is 0 Å². The highest BCUT2D eigenvalue weighted by Gasteiger charge is 2.19. The van der Waals surface area contributed by atoms with Crippen LogP contribution in [-0.4, -0.2) is 39.6 Å². The van der Waals surface area contributed by atoms with Crippen LogP contribution >= 0.6 is 46.4 Å². The Balaban J connectivity index is 0.000000113. The van der Waals surface area contributed by atoms with Gasteiger partial charge >= 0.3 is 0 Å². The average Bonchev–Trinajstić information content (AvgIpc) is 4.10. The van der Waals surface area contributed by atoms with Gasteiger partial charge in [0.05, 0.1) is 25.4 Å². The first-order chi connectivity index (χ1) is 33.0. The molecule has 68 heavy (non-hydrogen) atoms. The molecule has 0 aliphatic rings. The lowest BCUT2D eigenvalue weighted by Crippen LogP contribution is -2.37. The van der Waals surface area contributed by atoms with E-state index in [0.717, 1.165) is 25.1 Å². The van der Waals surface area contributed by atoms with Crippen LogP contribution < -0.4 is 19.4 Å². The zero-order chi connectivity index (χ0) is 47.3. The second kappa shape index (κ2) is 19.7. The summed E-state index contributed by atoms with van der Waals surface area (Å²) in [6.07, 6.45) is 0. The monoisotopic (exact) mass is 980 g/mol. The molecule has 16 nitrogen and oxygen atoms in total. The van der Waals surface area contributed by atoms with Crippen molar-refractivity contribution in [2.45, 2.75) is 0 Å². The number of benzene rings is 8. The van der Waals surface area contributed by atoms with E-state index in [2.05, 4.69) is 20.4 Å². The fourth-order valence-electron chi connectivity index (χ4n) is 6.84. The molecule has 20 heteroatoms. The van der Waals surface area contributed by atoms with Crippen LogP contribution in [0.2, 0.25) is 20.1 Å². The molecule has 0 spiro atoms. The third-order valence-electron chi connectivity index (χ3n) is 10.1. The Hall–Kier alpha value is -8.28. The Morgan fingerprint density at radius 1 is 0.309 bits per heavy atom. The second-order valence-electron chi connectivity index (χ2n) is 14.5. The van der Waals surface area contributed by atoms with E-state index in [1.165, 1.54) is 19.2 Å². The van der Waals surface area contributed by atoms with Crippen molar-refractivity contribution in [2.75, 3.05) is 0 Å². The average molecular weight is 983 g/mol. The zero-order valence-electron chi connectivity index (χ0n) is 35.0. The van der Waals surface area contributed by atoms with Gasteiger partial charge in [0.1, 0.15) is 22.7 Å². The van der Waals surface area contributed by atoms with Gasteiger partial charge in [-0.05, 0) is 134 Å². The fourth-order valence-corrected chi connectivity index (χ4v) is 7.53. The summed E-state index contributed by atoms with van der Waals surface area (Å²) >= 11 is 23.6. The van der Waals surface area contributed by atoms with Crippen molar-refractivity contribution in [2.24, 2.45) is 0 Å². The van der Waals surface area contributed by atoms with Crippen LogP contribution in [0.3, 0.4) is 0 Å². The highest BCUT2D eigenvalue weighted by atomic mass is 35.5. The van der Waals surface area contributed by atoms with Gasteiger partial charge in [-0.15, -0.1) is 19.4 Å². The molecule has 0 saturated carbocycles. The van der Waals surface area contributed by atoms with Gasteiger partial charge in [-0.3, -0.25) is 0 Å². The van der Waals surface area contributed by atoms with Gasteiger partial charge in [0.15, 0.2) is 0 Å². The normalized spacial score (nSPS) is 10.9. The molecular weight excluding hydrogens is 950 g/mol. The molecule has 0 saturated heterocycles. The zero-order valence-corrected chi connectivity index (χ0v) is 38.0. The molecule has 0 unspecified atom stereocenters. The van der Waals surface area contributed by atoms with Crippen LogP contribution in [0.1, 0.15) is 0 Å². The molecule has 12 aromatic rings. The smallest absolute Gasteiger partial charge is 0.251 e. The molecular formula is C48H32Cl4N12O4. The summed E-state index contributed by atoms with van der Waals surface area (Å²) in [4.78, 5) is 8.16. The fraction of sp³-hybridized carbons (Fsp3) is 0. The summed E-state index contributed by atoms with van der Waals surface area (Å²) in [6.45, 7) is 0. The van der Waals surface area contributed by atoms with Crippen LogP contribution in [0.25, 0.3) is 66.9 Å². The van der Waals surface area contributed by atoms with Crippen molar-refractivity contribution >= 4 is 90.5 Å². The van der Waals surface area contributed by atoms with Gasteiger partial charge in [0.25, 0.3) is 5.52 Å². The molecule has 0 aliphatic heterocycles. The summed E-state index contributed by atoms with van der Waals surface area (Å²) in [6, 6.07) is 56.9. The Morgan fingerprint density at radius 2 is 0.706 bits per heavy atom. The topological polar surface area (TPSA) is 179 Å². The Bertz CT molecular complexity index is 3710. The molecule has 0 bridgehead atoms. The Kier molecular flexibility index (Phi) is 13.0. The maximum Gasteiger partial charge on any atom is 0.251 e. The van der Waals surface area contributed by atoms with Gasteiger partial charge in [-0.25, -0.2) is 0 Å². The maximum absolute atomic E-state index is 12.0. The minimum Gasteiger partial charge on any atom is -0.692 e. The lowest BCUT2D eigenvalue weighted by atomic mass is 10.3. The molecule has 0 fully saturated rings. The van der Waals surface area contributed by atoms with E-state index in [1.807, 2.05) is 66.7 Å². The molecule has 0 N–H and O–H groups in total. The number of hydrogen-bond acceptors (Lipinski definition) is 8. The molecule has 0 atom stereocenters. The largest absolute Gasteiger partial charge is 0.692 e. The van der Waals surface area contributed by atoms with Crippen molar-refractivity contribution in [3.63, 3.8) is 0 Å². The number of halogens is 4. The lowest BCUT2D eigenvalue weighted by Gasteiger charge is -2.04. The predicted molar refractivity (Wildman–Crippen MR) is 260 cm³/mol. The van der Waals surface area contributed by atoms with Gasteiger partial charge in [0, 0.05) is 21.1 Å². The van der Waals surface area contributed by atoms with E-state index in [4.69, 9.17) is 46.4 Å². The van der Waals surface area contributed by atoms with Crippen molar-refractivity contribution in [1.82, 2.24) is 39.6 Å². The summed E-state index contributed by atoms with van der Waals surface area (Å²) < 4.78 is 0. The molecule has 8 aromatic carbocycles. The van der Waals surface area contributed by atoms with Gasteiger partial charge in [-0.2, -0.15) is 0 Å². The number of aromatic nitrogens is 12. The van der Waals surface area contributed by atoms with E-state index in [9.17, 15) is 20.8 Å². The molecule has 336 valence electrons. The molecule has 0 aliphatic carbocycles. The van der Waals surface area contributed by atoms with Crippen LogP contribution in [0.4, 0.5) is 0 Å². The first-order valence-corrected chi connectivity index (χ1v) is 21.9. The molecule has 4 heterocycles. The van der Waals surface area contributed by atoms with E-state index in [-0.39, 0.29) is 0 Å². The van der Waals surface area contributed by atoms with Crippen LogP contribution in [0.15, 0.2) is 194 Å². The van der Waals surface area contributed by atoms with Crippen LogP contribution in [-0.2, 0) is 0 Å². The Morgan fingerprint density at radius 3 is 1.25 bits per heavy atom. The SMILES string of the molecule is [O-][n+]1c2ccc(Cl)cc2nn1-c1ccccc1.[O-][n+]1c2ccccc2nn1-c1ccc(Cl)cc1.[O-][n+]1c2ccccc2nn1-c1cccc(Cl)c1.[O-][n+]1c2ccccc2nn1-c1ccccc1Cl.